The molecule has 1 aliphatic rings. The predicted octanol–water partition coefficient (Wildman–Crippen LogP) is 9.13. The number of hydrogen-bond donors (Lipinski definition) is 0. The molecule has 38 heavy (non-hydrogen) atoms. The Hall–Kier alpha value is -4.73. The van der Waals surface area contributed by atoms with E-state index in [4.69, 9.17) is 22.6 Å². The van der Waals surface area contributed by atoms with Crippen LogP contribution in [0.3, 0.4) is 0 Å². The van der Waals surface area contributed by atoms with E-state index < -0.39 is 7.74 Å². The van der Waals surface area contributed by atoms with Gasteiger partial charge >= 0.3 is 220 Å². The molecular weight excluding hydrogens is 495 g/mol. The number of para-hydroxylation sites is 3. The molecule has 0 saturated heterocycles. The zero-order valence-corrected chi connectivity index (χ0v) is 21.2. The summed E-state index contributed by atoms with van der Waals surface area (Å²) in [6, 6.07) is 44.1. The number of hydrogen-bond acceptors (Lipinski definition) is 5. The summed E-state index contributed by atoms with van der Waals surface area (Å²) >= 11 is 0. The van der Waals surface area contributed by atoms with Crippen LogP contribution in [0.2, 0.25) is 0 Å². The van der Waals surface area contributed by atoms with E-state index in [1.54, 1.807) is 0 Å². The zero-order chi connectivity index (χ0) is 25.4. The van der Waals surface area contributed by atoms with Crippen LogP contribution in [0.1, 0.15) is 0 Å². The number of fused-ring (bicyclic) bond motifs is 6. The van der Waals surface area contributed by atoms with Gasteiger partial charge in [-0.2, -0.15) is 0 Å². The van der Waals surface area contributed by atoms with E-state index in [0.717, 1.165) is 21.5 Å². The van der Waals surface area contributed by atoms with Crippen molar-refractivity contribution >= 4 is 29.3 Å². The van der Waals surface area contributed by atoms with E-state index in [1.165, 1.54) is 0 Å². The second-order valence-corrected chi connectivity index (χ2v) is 11.3. The Bertz CT molecular complexity index is 1580. The minimum atomic E-state index is -4.96. The summed E-state index contributed by atoms with van der Waals surface area (Å²) in [5.41, 5.74) is 0. The van der Waals surface area contributed by atoms with Crippen molar-refractivity contribution in [2.75, 3.05) is 0 Å². The van der Waals surface area contributed by atoms with Gasteiger partial charge in [-0.3, -0.25) is 0 Å². The van der Waals surface area contributed by atoms with Crippen LogP contribution in [0.4, 0.5) is 0 Å². The molecule has 0 spiro atoms. The summed E-state index contributed by atoms with van der Waals surface area (Å²) in [6.07, 6.45) is 0. The van der Waals surface area contributed by atoms with E-state index in [1.807, 2.05) is 127 Å². The van der Waals surface area contributed by atoms with Crippen LogP contribution in [0.25, 0.3) is 21.5 Å². The first kappa shape index (κ1) is 22.5. The van der Waals surface area contributed by atoms with Gasteiger partial charge in [0.15, 0.2) is 0 Å². The monoisotopic (exact) mass is 518 g/mol. The topological polar surface area (TPSA) is 46.2 Å². The maximum absolute atomic E-state index is 6.86. The molecule has 186 valence electrons. The predicted molar refractivity (Wildman–Crippen MR) is 151 cm³/mol. The van der Waals surface area contributed by atoms with Crippen LogP contribution in [-0.2, 0) is 0 Å². The quantitative estimate of drug-likeness (QED) is 0.163. The molecule has 0 unspecified atom stereocenters. The molecule has 7 rings (SSSR count). The molecule has 0 atom stereocenters. The molecule has 6 aromatic carbocycles. The van der Waals surface area contributed by atoms with Crippen LogP contribution in [-0.4, -0.2) is 0 Å². The molecule has 5 nitrogen and oxygen atoms in total. The average molecular weight is 519 g/mol. The molecule has 1 heterocycles. The average Bonchev–Trinajstić information content (AvgIpc) is 3.30. The summed E-state index contributed by atoms with van der Waals surface area (Å²) in [7, 11) is -4.96. The third-order valence-corrected chi connectivity index (χ3v) is 8.80. The van der Waals surface area contributed by atoms with Crippen molar-refractivity contribution in [2.24, 2.45) is 0 Å². The third-order valence-electron chi connectivity index (χ3n) is 6.31. The molecule has 0 radical (unpaired) electrons. The summed E-state index contributed by atoms with van der Waals surface area (Å²) in [6.45, 7) is 0. The standard InChI is InChI=1S/C32H23O5P/c1-4-14-24(15-5-1)33-38(34-25-16-6-2-7-17-25,35-26-18-8-3-9-19-26)36-31-29-22-12-10-20-27(29)28-21-11-13-23-30(28)32(31)37-38/h1-23H. The summed E-state index contributed by atoms with van der Waals surface area (Å²) in [4.78, 5) is 0. The van der Waals surface area contributed by atoms with E-state index in [9.17, 15) is 0 Å². The van der Waals surface area contributed by atoms with Crippen LogP contribution in [0, 0.1) is 0 Å². The van der Waals surface area contributed by atoms with Gasteiger partial charge in [0, 0.05) is 0 Å². The van der Waals surface area contributed by atoms with Gasteiger partial charge in [-0.15, -0.1) is 0 Å². The van der Waals surface area contributed by atoms with Gasteiger partial charge in [-0.05, 0) is 0 Å². The first-order valence-electron chi connectivity index (χ1n) is 12.3. The summed E-state index contributed by atoms with van der Waals surface area (Å²) in [5.74, 6) is 2.48. The zero-order valence-electron chi connectivity index (χ0n) is 20.3. The van der Waals surface area contributed by atoms with Crippen molar-refractivity contribution in [3.63, 3.8) is 0 Å². The molecule has 0 amide bonds. The van der Waals surface area contributed by atoms with E-state index in [2.05, 4.69) is 12.1 Å². The minimum absolute atomic E-state index is 0.485. The number of rotatable bonds is 6. The Morgan fingerprint density at radius 3 is 0.974 bits per heavy atom. The van der Waals surface area contributed by atoms with Gasteiger partial charge < -0.3 is 0 Å². The molecule has 6 aromatic rings. The van der Waals surface area contributed by atoms with Gasteiger partial charge in [-0.1, -0.05) is 0 Å². The molecule has 0 saturated carbocycles. The van der Waals surface area contributed by atoms with Crippen molar-refractivity contribution in [1.82, 2.24) is 0 Å². The Morgan fingerprint density at radius 1 is 0.342 bits per heavy atom. The van der Waals surface area contributed by atoms with Crippen LogP contribution < -0.4 is 22.6 Å². The third kappa shape index (κ3) is 3.76. The Balaban J connectivity index is 1.52. The molecule has 0 bridgehead atoms. The van der Waals surface area contributed by atoms with Crippen LogP contribution in [0.5, 0.6) is 28.7 Å². The summed E-state index contributed by atoms with van der Waals surface area (Å²) < 4.78 is 33.8. The molecule has 0 fully saturated rings. The summed E-state index contributed by atoms with van der Waals surface area (Å²) in [5, 5.41) is 3.81. The van der Waals surface area contributed by atoms with E-state index >= 15 is 0 Å². The molecule has 0 aromatic heterocycles. The SMILES string of the molecule is c1ccc(OP2(Oc3ccccc3)(Oc3ccccc3)Oc3c(c4ccccc4c4ccccc34)O2)cc1. The normalized spacial score (nSPS) is 15.8. The molecular formula is C32H23O5P. The van der Waals surface area contributed by atoms with Gasteiger partial charge in [-0.25, -0.2) is 0 Å². The van der Waals surface area contributed by atoms with E-state index in [0.29, 0.717) is 28.7 Å². The van der Waals surface area contributed by atoms with Crippen LogP contribution >= 0.6 is 7.74 Å². The first-order chi connectivity index (χ1) is 18.7. The second kappa shape index (κ2) is 8.69. The maximum atomic E-state index is 6.86. The van der Waals surface area contributed by atoms with Gasteiger partial charge in [0.2, 0.25) is 0 Å². The van der Waals surface area contributed by atoms with E-state index in [-0.39, 0.29) is 0 Å². The second-order valence-electron chi connectivity index (χ2n) is 8.89. The van der Waals surface area contributed by atoms with Gasteiger partial charge in [0.1, 0.15) is 0 Å². The Morgan fingerprint density at radius 2 is 0.632 bits per heavy atom. The van der Waals surface area contributed by atoms with Gasteiger partial charge in [0.25, 0.3) is 0 Å². The fourth-order valence-electron chi connectivity index (χ4n) is 4.70. The van der Waals surface area contributed by atoms with Crippen molar-refractivity contribution in [2.45, 2.75) is 0 Å². The fourth-order valence-corrected chi connectivity index (χ4v) is 7.43. The van der Waals surface area contributed by atoms with Crippen molar-refractivity contribution < 1.29 is 22.6 Å². The van der Waals surface area contributed by atoms with Crippen molar-refractivity contribution in [3.05, 3.63) is 140 Å². The number of benzene rings is 6. The molecule has 1 aliphatic heterocycles. The van der Waals surface area contributed by atoms with Crippen molar-refractivity contribution in [3.8, 4) is 28.7 Å². The molecule has 0 N–H and O–H groups in total. The molecule has 0 aliphatic carbocycles. The first-order valence-corrected chi connectivity index (χ1v) is 14.1. The van der Waals surface area contributed by atoms with Crippen molar-refractivity contribution in [1.29, 1.82) is 0 Å². The van der Waals surface area contributed by atoms with Crippen LogP contribution in [0.15, 0.2) is 140 Å². The Labute approximate surface area is 220 Å². The Kier molecular flexibility index (Phi) is 5.14. The van der Waals surface area contributed by atoms with Gasteiger partial charge in [0.05, 0.1) is 0 Å². The molecule has 6 heteroatoms. The fraction of sp³-hybridized carbons (Fsp3) is 0.